The lowest BCUT2D eigenvalue weighted by Crippen LogP contribution is -2.43. The van der Waals surface area contributed by atoms with Crippen LogP contribution in [0.25, 0.3) is 11.2 Å². The number of carbonyl (C=O) groups is 1. The minimum Gasteiger partial charge on any atom is -0.313 e. The fourth-order valence-electron chi connectivity index (χ4n) is 3.55. The molecule has 0 unspecified atom stereocenters. The van der Waals surface area contributed by atoms with Crippen molar-refractivity contribution < 1.29 is 4.79 Å². The van der Waals surface area contributed by atoms with Crippen molar-refractivity contribution in [2.45, 2.75) is 45.1 Å². The number of carbonyl (C=O) groups excluding carboxylic acids is 1. The van der Waals surface area contributed by atoms with Gasteiger partial charge in [0.15, 0.2) is 11.5 Å². The van der Waals surface area contributed by atoms with E-state index in [-0.39, 0.29) is 17.7 Å². The molecule has 148 valence electrons. The summed E-state index contributed by atoms with van der Waals surface area (Å²) in [6, 6.07) is 1.89. The van der Waals surface area contributed by atoms with Crippen molar-refractivity contribution in [3.05, 3.63) is 29.6 Å². The second-order valence-corrected chi connectivity index (χ2v) is 6.77. The van der Waals surface area contributed by atoms with Gasteiger partial charge < -0.3 is 10.7 Å². The van der Waals surface area contributed by atoms with E-state index in [0.717, 1.165) is 41.9 Å². The predicted molar refractivity (Wildman–Crippen MR) is 112 cm³/mol. The third-order valence-corrected chi connectivity index (χ3v) is 5.16. The highest BCUT2D eigenvalue weighted by Crippen LogP contribution is 2.29. The van der Waals surface area contributed by atoms with Crippen LogP contribution in [-0.4, -0.2) is 52.9 Å². The van der Waals surface area contributed by atoms with Crippen LogP contribution >= 0.6 is 0 Å². The van der Waals surface area contributed by atoms with Crippen molar-refractivity contribution in [3.8, 4) is 0 Å². The molecule has 0 spiro atoms. The Morgan fingerprint density at radius 1 is 1.50 bits per heavy atom. The zero-order chi connectivity index (χ0) is 20.1. The zero-order valence-electron chi connectivity index (χ0n) is 16.6. The van der Waals surface area contributed by atoms with Crippen LogP contribution in [0, 0.1) is 0 Å². The zero-order valence-corrected chi connectivity index (χ0v) is 16.6. The molecular weight excluding hydrogens is 354 g/mol. The normalized spacial score (nSPS) is 20.6. The van der Waals surface area contributed by atoms with Gasteiger partial charge in [-0.05, 0) is 26.5 Å². The van der Waals surface area contributed by atoms with Gasteiger partial charge in [-0.1, -0.05) is 13.0 Å². The van der Waals surface area contributed by atoms with E-state index in [1.54, 1.807) is 24.0 Å². The number of hydrazone groups is 1. The van der Waals surface area contributed by atoms with E-state index in [1.807, 2.05) is 26.0 Å². The van der Waals surface area contributed by atoms with Gasteiger partial charge in [-0.2, -0.15) is 14.7 Å². The Kier molecular flexibility index (Phi) is 6.30. The number of allylic oxidation sites excluding steroid dienone is 2. The molecule has 1 fully saturated rings. The Labute approximate surface area is 164 Å². The number of rotatable bonds is 7. The summed E-state index contributed by atoms with van der Waals surface area (Å²) in [7, 11) is 1.75. The Bertz CT molecular complexity index is 920. The van der Waals surface area contributed by atoms with Crippen LogP contribution in [0.1, 0.15) is 50.3 Å². The number of aliphatic imine (C=N–C) groups is 1. The Hall–Kier alpha value is -2.87. The minimum atomic E-state index is -0.0418. The lowest BCUT2D eigenvalue weighted by atomic mass is 9.89. The van der Waals surface area contributed by atoms with Crippen molar-refractivity contribution in [2.24, 2.45) is 10.1 Å². The largest absolute Gasteiger partial charge is 0.313 e. The highest BCUT2D eigenvalue weighted by atomic mass is 16.1. The molecular formula is C20H27N7O. The second-order valence-electron chi connectivity index (χ2n) is 6.77. The maximum Gasteiger partial charge on any atom is 0.165 e. The van der Waals surface area contributed by atoms with Crippen molar-refractivity contribution in [3.63, 3.8) is 0 Å². The fraction of sp³-hybridized carbons (Fsp3) is 0.450. The number of ketones is 1. The van der Waals surface area contributed by atoms with Crippen LogP contribution in [0.4, 0.5) is 5.82 Å². The topological polar surface area (TPSA) is 96.0 Å². The molecule has 2 aromatic heterocycles. The van der Waals surface area contributed by atoms with Gasteiger partial charge in [-0.25, -0.2) is 9.98 Å². The van der Waals surface area contributed by atoms with Gasteiger partial charge in [0.2, 0.25) is 0 Å². The molecule has 2 N–H and O–H groups in total. The number of Topliss-reactive ketones (excluding diaryl/α,β-unsaturated/α-hetero) is 1. The van der Waals surface area contributed by atoms with Gasteiger partial charge in [0.05, 0.1) is 24.1 Å². The standard InChI is InChI=1S/C20H27N7O/c1-5-13(11-24-22-4)15-12-25-27-19(21-3)9-17(26-20(15)27)14-7-8-16(23-10-14)18(28)6-2/h5,9,11-12,14,16,22-23H,3,6-8,10H2,1-2,4H3/b13-5+,24-11-/t14-,16-/m0/s1. The first-order valence-corrected chi connectivity index (χ1v) is 9.60. The van der Waals surface area contributed by atoms with Gasteiger partial charge >= 0.3 is 0 Å². The monoisotopic (exact) mass is 381 g/mol. The maximum absolute atomic E-state index is 12.0. The van der Waals surface area contributed by atoms with Crippen LogP contribution in [0.2, 0.25) is 0 Å². The highest BCUT2D eigenvalue weighted by Gasteiger charge is 2.27. The molecule has 28 heavy (non-hydrogen) atoms. The molecule has 8 heteroatoms. The van der Waals surface area contributed by atoms with E-state index in [9.17, 15) is 4.79 Å². The molecule has 2 atom stereocenters. The first-order valence-electron chi connectivity index (χ1n) is 9.60. The van der Waals surface area contributed by atoms with Crippen LogP contribution in [0.15, 0.2) is 28.4 Å². The summed E-state index contributed by atoms with van der Waals surface area (Å²) in [5, 5.41) is 11.9. The van der Waals surface area contributed by atoms with Gasteiger partial charge in [-0.15, -0.1) is 0 Å². The van der Waals surface area contributed by atoms with E-state index < -0.39 is 0 Å². The third-order valence-electron chi connectivity index (χ3n) is 5.16. The SMILES string of the molecule is C=Nc1cc([C@H]2CC[C@@H](C(=O)CC)NC2)nc2c(C(/C=N\NC)=C/C)cnn12. The second kappa shape index (κ2) is 8.88. The maximum atomic E-state index is 12.0. The van der Waals surface area contributed by atoms with E-state index in [1.165, 1.54) is 0 Å². The van der Waals surface area contributed by atoms with E-state index >= 15 is 0 Å². The quantitative estimate of drug-likeness (QED) is 0.567. The summed E-state index contributed by atoms with van der Waals surface area (Å²) in [6.07, 6.45) is 7.78. The number of aromatic nitrogens is 3. The average molecular weight is 381 g/mol. The first kappa shape index (κ1) is 19.9. The lowest BCUT2D eigenvalue weighted by Gasteiger charge is -2.28. The number of nitrogens with zero attached hydrogens (tertiary/aromatic N) is 5. The fourth-order valence-corrected chi connectivity index (χ4v) is 3.55. The molecule has 1 saturated heterocycles. The Morgan fingerprint density at radius 3 is 2.93 bits per heavy atom. The molecule has 0 aliphatic carbocycles. The number of piperidine rings is 1. The summed E-state index contributed by atoms with van der Waals surface area (Å²) >= 11 is 0. The van der Waals surface area contributed by atoms with Crippen LogP contribution < -0.4 is 10.7 Å². The number of hydrogen-bond acceptors (Lipinski definition) is 7. The Balaban J connectivity index is 1.96. The molecule has 0 amide bonds. The summed E-state index contributed by atoms with van der Waals surface area (Å²) in [6.45, 7) is 8.27. The Morgan fingerprint density at radius 2 is 2.32 bits per heavy atom. The highest BCUT2D eigenvalue weighted by molar-refractivity contribution is 6.11. The van der Waals surface area contributed by atoms with E-state index in [4.69, 9.17) is 4.98 Å². The molecule has 0 aromatic carbocycles. The number of hydrogen-bond donors (Lipinski definition) is 2. The third kappa shape index (κ3) is 3.87. The van der Waals surface area contributed by atoms with Crippen LogP contribution in [0.3, 0.4) is 0 Å². The summed E-state index contributed by atoms with van der Waals surface area (Å²) in [4.78, 5) is 21.0. The molecule has 1 aliphatic heterocycles. The molecule has 8 nitrogen and oxygen atoms in total. The first-order chi connectivity index (χ1) is 13.6. The molecule has 1 aliphatic rings. The molecule has 3 heterocycles. The van der Waals surface area contributed by atoms with Crippen molar-refractivity contribution in [1.29, 1.82) is 0 Å². The van der Waals surface area contributed by atoms with Gasteiger partial charge in [0.25, 0.3) is 0 Å². The van der Waals surface area contributed by atoms with Crippen molar-refractivity contribution in [1.82, 2.24) is 25.3 Å². The molecule has 0 saturated carbocycles. The van der Waals surface area contributed by atoms with Crippen LogP contribution in [0.5, 0.6) is 0 Å². The van der Waals surface area contributed by atoms with Gasteiger partial charge in [0, 0.05) is 43.1 Å². The summed E-state index contributed by atoms with van der Waals surface area (Å²) < 4.78 is 1.70. The van der Waals surface area contributed by atoms with Crippen molar-refractivity contribution in [2.75, 3.05) is 13.6 Å². The number of fused-ring (bicyclic) bond motifs is 1. The van der Waals surface area contributed by atoms with Crippen molar-refractivity contribution >= 4 is 35.8 Å². The average Bonchev–Trinajstić information content (AvgIpc) is 3.17. The molecule has 2 aromatic rings. The lowest BCUT2D eigenvalue weighted by molar-refractivity contribution is -0.121. The molecule has 3 rings (SSSR count). The minimum absolute atomic E-state index is 0.0418. The summed E-state index contributed by atoms with van der Waals surface area (Å²) in [5.74, 6) is 1.14. The smallest absolute Gasteiger partial charge is 0.165 e. The predicted octanol–water partition coefficient (Wildman–Crippen LogP) is 2.48. The van der Waals surface area contributed by atoms with Gasteiger partial charge in [0.1, 0.15) is 5.78 Å². The molecule has 0 bridgehead atoms. The van der Waals surface area contributed by atoms with Gasteiger partial charge in [-0.3, -0.25) is 4.79 Å². The van der Waals surface area contributed by atoms with E-state index in [0.29, 0.717) is 12.2 Å². The summed E-state index contributed by atoms with van der Waals surface area (Å²) in [5.41, 5.74) is 6.23. The van der Waals surface area contributed by atoms with Crippen LogP contribution in [-0.2, 0) is 4.79 Å². The number of nitrogens with one attached hydrogen (secondary N) is 2. The molecule has 0 radical (unpaired) electrons. The van der Waals surface area contributed by atoms with E-state index in [2.05, 4.69) is 32.7 Å².